The first-order chi connectivity index (χ1) is 14.7. The number of alkyl carbamates (subject to hydrolysis) is 1. The summed E-state index contributed by atoms with van der Waals surface area (Å²) in [4.78, 5) is 40.7. The van der Waals surface area contributed by atoms with Gasteiger partial charge in [-0.2, -0.15) is 0 Å². The van der Waals surface area contributed by atoms with E-state index in [0.29, 0.717) is 6.42 Å². The highest BCUT2D eigenvalue weighted by Gasteiger charge is 2.29. The maximum atomic E-state index is 13.1. The minimum absolute atomic E-state index is 0.167. The number of benzene rings is 1. The molecule has 0 radical (unpaired) electrons. The second-order valence-corrected chi connectivity index (χ2v) is 8.47. The normalized spacial score (nSPS) is 13.1. The number of methoxy groups -OCH3 is 1. The lowest BCUT2D eigenvalue weighted by Crippen LogP contribution is -2.53. The highest BCUT2D eigenvalue weighted by atomic mass is 16.5. The number of hydrogen-bond acceptors (Lipinski definition) is 5. The third kappa shape index (κ3) is 7.31. The summed E-state index contributed by atoms with van der Waals surface area (Å²) in [6, 6.07) is 6.00. The Morgan fingerprint density at radius 1 is 1.00 bits per heavy atom. The number of para-hydroxylation sites is 1. The molecule has 0 saturated carbocycles. The number of amides is 2. The maximum Gasteiger partial charge on any atom is 0.407 e. The minimum atomic E-state index is -0.918. The van der Waals surface area contributed by atoms with Crippen LogP contribution in [0, 0.1) is 11.8 Å². The lowest BCUT2D eigenvalue weighted by Gasteiger charge is -2.23. The molecule has 1 heterocycles. The zero-order chi connectivity index (χ0) is 23.0. The summed E-state index contributed by atoms with van der Waals surface area (Å²) in [6.07, 6.45) is 1.81. The van der Waals surface area contributed by atoms with Crippen LogP contribution in [0.3, 0.4) is 0 Å². The van der Waals surface area contributed by atoms with Crippen LogP contribution in [0.2, 0.25) is 0 Å². The predicted molar refractivity (Wildman–Crippen MR) is 119 cm³/mol. The molecule has 2 amide bonds. The van der Waals surface area contributed by atoms with Crippen molar-refractivity contribution in [2.75, 3.05) is 13.7 Å². The number of esters is 1. The molecule has 1 aromatic heterocycles. The van der Waals surface area contributed by atoms with Gasteiger partial charge in [-0.15, -0.1) is 0 Å². The topological polar surface area (TPSA) is 110 Å². The average Bonchev–Trinajstić information content (AvgIpc) is 3.13. The molecular weight excluding hydrogens is 398 g/mol. The van der Waals surface area contributed by atoms with Crippen molar-refractivity contribution in [3.8, 4) is 0 Å². The summed E-state index contributed by atoms with van der Waals surface area (Å²) in [6.45, 7) is 8.00. The fourth-order valence-corrected chi connectivity index (χ4v) is 3.26. The molecule has 0 bridgehead atoms. The van der Waals surface area contributed by atoms with E-state index in [-0.39, 0.29) is 24.9 Å². The van der Waals surface area contributed by atoms with Gasteiger partial charge in [-0.3, -0.25) is 4.79 Å². The number of aromatic amines is 1. The van der Waals surface area contributed by atoms with Crippen molar-refractivity contribution in [1.82, 2.24) is 15.6 Å². The van der Waals surface area contributed by atoms with Crippen LogP contribution in [0.15, 0.2) is 30.5 Å². The van der Waals surface area contributed by atoms with E-state index in [1.54, 1.807) is 0 Å². The molecule has 0 spiro atoms. The number of fused-ring (bicyclic) bond motifs is 1. The van der Waals surface area contributed by atoms with Gasteiger partial charge >= 0.3 is 12.1 Å². The van der Waals surface area contributed by atoms with Crippen LogP contribution < -0.4 is 10.6 Å². The minimum Gasteiger partial charge on any atom is -0.467 e. The van der Waals surface area contributed by atoms with E-state index < -0.39 is 30.1 Å². The van der Waals surface area contributed by atoms with Crippen molar-refractivity contribution in [3.63, 3.8) is 0 Å². The molecule has 0 unspecified atom stereocenters. The molecule has 2 atom stereocenters. The Bertz CT molecular complexity index is 890. The molecule has 31 heavy (non-hydrogen) atoms. The van der Waals surface area contributed by atoms with Crippen LogP contribution >= 0.6 is 0 Å². The second kappa shape index (κ2) is 11.4. The molecular formula is C23H33N3O5. The molecule has 8 nitrogen and oxygen atoms in total. The standard InChI is InChI=1S/C23H33N3O5/c1-14(2)10-20(22(28)30-5)25-21(27)19(26-23(29)31-13-15(3)4)11-16-12-24-18-9-7-6-8-17(16)18/h6-9,12,14-15,19-20,24H,10-11,13H2,1-5H3,(H,25,27)(H,26,29)/t19-,20+/m1/s1. The lowest BCUT2D eigenvalue weighted by molar-refractivity contribution is -0.145. The van der Waals surface area contributed by atoms with Crippen LogP contribution in [0.5, 0.6) is 0 Å². The Morgan fingerprint density at radius 2 is 1.71 bits per heavy atom. The van der Waals surface area contributed by atoms with Crippen LogP contribution in [-0.4, -0.2) is 48.8 Å². The Morgan fingerprint density at radius 3 is 2.35 bits per heavy atom. The maximum absolute atomic E-state index is 13.1. The number of carbonyl (C=O) groups excluding carboxylic acids is 3. The van der Waals surface area contributed by atoms with Crippen molar-refractivity contribution >= 4 is 28.9 Å². The Balaban J connectivity index is 2.21. The molecule has 0 fully saturated rings. The van der Waals surface area contributed by atoms with Crippen molar-refractivity contribution in [2.45, 2.75) is 52.6 Å². The van der Waals surface area contributed by atoms with E-state index in [9.17, 15) is 14.4 Å². The van der Waals surface area contributed by atoms with Gasteiger partial charge in [-0.25, -0.2) is 9.59 Å². The first kappa shape index (κ1) is 24.2. The van der Waals surface area contributed by atoms with Crippen LogP contribution in [0.1, 0.15) is 39.7 Å². The first-order valence-corrected chi connectivity index (χ1v) is 10.6. The second-order valence-electron chi connectivity index (χ2n) is 8.47. The van der Waals surface area contributed by atoms with Gasteiger partial charge in [-0.1, -0.05) is 45.9 Å². The average molecular weight is 432 g/mol. The summed E-state index contributed by atoms with van der Waals surface area (Å²) < 4.78 is 10.0. The molecule has 1 aromatic carbocycles. The highest BCUT2D eigenvalue weighted by Crippen LogP contribution is 2.19. The summed E-state index contributed by atoms with van der Waals surface area (Å²) in [5.41, 5.74) is 1.81. The lowest BCUT2D eigenvalue weighted by atomic mass is 10.0. The fourth-order valence-electron chi connectivity index (χ4n) is 3.26. The number of H-pyrrole nitrogens is 1. The van der Waals surface area contributed by atoms with Gasteiger partial charge in [0.1, 0.15) is 12.1 Å². The van der Waals surface area contributed by atoms with E-state index in [0.717, 1.165) is 16.5 Å². The van der Waals surface area contributed by atoms with E-state index in [1.807, 2.05) is 58.2 Å². The number of rotatable bonds is 10. The zero-order valence-corrected chi connectivity index (χ0v) is 18.9. The summed E-state index contributed by atoms with van der Waals surface area (Å²) in [5, 5.41) is 6.35. The van der Waals surface area contributed by atoms with E-state index >= 15 is 0 Å². The zero-order valence-electron chi connectivity index (χ0n) is 18.9. The highest BCUT2D eigenvalue weighted by molar-refractivity contribution is 5.91. The van der Waals surface area contributed by atoms with Crippen LogP contribution in [0.25, 0.3) is 10.9 Å². The van der Waals surface area contributed by atoms with Crippen molar-refractivity contribution in [3.05, 3.63) is 36.0 Å². The SMILES string of the molecule is COC(=O)[C@H](CC(C)C)NC(=O)[C@@H](Cc1c[nH]c2ccccc12)NC(=O)OCC(C)C. The number of ether oxygens (including phenoxy) is 2. The largest absolute Gasteiger partial charge is 0.467 e. The molecule has 2 aromatic rings. The molecule has 2 rings (SSSR count). The molecule has 0 aliphatic rings. The number of nitrogens with one attached hydrogen (secondary N) is 3. The van der Waals surface area contributed by atoms with Gasteiger partial charge in [0, 0.05) is 23.5 Å². The summed E-state index contributed by atoms with van der Waals surface area (Å²) in [5.74, 6) is -0.653. The number of hydrogen-bond donors (Lipinski definition) is 3. The smallest absolute Gasteiger partial charge is 0.407 e. The van der Waals surface area contributed by atoms with Gasteiger partial charge in [0.25, 0.3) is 0 Å². The van der Waals surface area contributed by atoms with Gasteiger partial charge in [0.2, 0.25) is 5.91 Å². The quantitative estimate of drug-likeness (QED) is 0.501. The van der Waals surface area contributed by atoms with Crippen molar-refractivity contribution < 1.29 is 23.9 Å². The van der Waals surface area contributed by atoms with Gasteiger partial charge < -0.3 is 25.1 Å². The number of aromatic nitrogens is 1. The first-order valence-electron chi connectivity index (χ1n) is 10.6. The van der Waals surface area contributed by atoms with Crippen molar-refractivity contribution in [2.24, 2.45) is 11.8 Å². The van der Waals surface area contributed by atoms with Crippen LogP contribution in [0.4, 0.5) is 4.79 Å². The molecule has 0 aliphatic carbocycles. The fraction of sp³-hybridized carbons (Fsp3) is 0.522. The molecule has 3 N–H and O–H groups in total. The van der Waals surface area contributed by atoms with E-state index in [1.165, 1.54) is 7.11 Å². The predicted octanol–water partition coefficient (Wildman–Crippen LogP) is 3.17. The Kier molecular flexibility index (Phi) is 8.90. The summed E-state index contributed by atoms with van der Waals surface area (Å²) >= 11 is 0. The number of carbonyl (C=O) groups is 3. The van der Waals surface area contributed by atoms with Crippen molar-refractivity contribution in [1.29, 1.82) is 0 Å². The third-order valence-corrected chi connectivity index (χ3v) is 4.76. The molecule has 8 heteroatoms. The van der Waals surface area contributed by atoms with Gasteiger partial charge in [0.15, 0.2) is 0 Å². The molecule has 0 aliphatic heterocycles. The summed E-state index contributed by atoms with van der Waals surface area (Å²) in [7, 11) is 1.28. The van der Waals surface area contributed by atoms with E-state index in [2.05, 4.69) is 15.6 Å². The van der Waals surface area contributed by atoms with E-state index in [4.69, 9.17) is 9.47 Å². The van der Waals surface area contributed by atoms with Crippen LogP contribution in [-0.2, 0) is 25.5 Å². The van der Waals surface area contributed by atoms with Gasteiger partial charge in [-0.05, 0) is 29.9 Å². The monoisotopic (exact) mass is 431 g/mol. The Hall–Kier alpha value is -3.03. The Labute approximate surface area is 183 Å². The third-order valence-electron chi connectivity index (χ3n) is 4.76. The van der Waals surface area contributed by atoms with Gasteiger partial charge in [0.05, 0.1) is 13.7 Å². The molecule has 0 saturated heterocycles. The molecule has 170 valence electrons.